The first kappa shape index (κ1) is 60.2. The van der Waals surface area contributed by atoms with Crippen molar-refractivity contribution in [2.45, 2.75) is 155 Å². The Balaban J connectivity index is 0.000000270. The fourth-order valence-electron chi connectivity index (χ4n) is 8.36. The summed E-state index contributed by atoms with van der Waals surface area (Å²) in [6.07, 6.45) is 1.25. The van der Waals surface area contributed by atoms with Crippen molar-refractivity contribution in [1.29, 1.82) is 10.8 Å². The number of likely N-dealkylation sites (tertiary alicyclic amines) is 2. The number of aliphatic carboxylic acids is 1. The van der Waals surface area contributed by atoms with Gasteiger partial charge in [0.05, 0.1) is 6.04 Å². The average Bonchev–Trinajstić information content (AvgIpc) is 3.36. The second-order valence-electron chi connectivity index (χ2n) is 21.1. The van der Waals surface area contributed by atoms with Crippen LogP contribution in [0.4, 0.5) is 9.59 Å². The molecule has 2 saturated heterocycles. The van der Waals surface area contributed by atoms with Crippen LogP contribution >= 0.6 is 0 Å². The minimum absolute atomic E-state index is 0.118. The second kappa shape index (κ2) is 27.8. The van der Waals surface area contributed by atoms with Gasteiger partial charge in [0.15, 0.2) is 0 Å². The molecule has 4 aromatic rings. The number of rotatable bonds is 13. The molecule has 0 saturated carbocycles. The quantitative estimate of drug-likeness (QED) is 0.0627. The third kappa shape index (κ3) is 19.8. The Morgan fingerprint density at radius 1 is 0.613 bits per heavy atom. The van der Waals surface area contributed by atoms with Crippen molar-refractivity contribution < 1.29 is 43.3 Å². The van der Waals surface area contributed by atoms with Gasteiger partial charge in [0, 0.05) is 37.6 Å². The normalized spacial score (nSPS) is 18.2. The van der Waals surface area contributed by atoms with Gasteiger partial charge in [-0.15, -0.1) is 0 Å². The van der Waals surface area contributed by atoms with Gasteiger partial charge in [-0.3, -0.25) is 24.2 Å². The molecule has 5 amide bonds. The number of ether oxygens (including phenoxy) is 2. The average molecular weight is 1030 g/mol. The predicted molar refractivity (Wildman–Crippen MR) is 291 cm³/mol. The molecule has 0 unspecified atom stereocenters. The molecule has 2 aliphatic heterocycles. The molecule has 0 spiro atoms. The third-order valence-corrected chi connectivity index (χ3v) is 12.5. The van der Waals surface area contributed by atoms with E-state index in [1.807, 2.05) is 109 Å². The number of hydrogen-bond acceptors (Lipinski definition) is 11. The number of carbonyl (C=O) groups is 6. The van der Waals surface area contributed by atoms with E-state index < -0.39 is 53.5 Å². The first-order chi connectivity index (χ1) is 35.2. The Bertz CT molecular complexity index is 2560. The van der Waals surface area contributed by atoms with E-state index in [9.17, 15) is 33.9 Å². The summed E-state index contributed by atoms with van der Waals surface area (Å²) in [5.74, 6) is -1.56. The van der Waals surface area contributed by atoms with Crippen molar-refractivity contribution in [2.24, 2.45) is 5.73 Å². The highest BCUT2D eigenvalue weighted by Crippen LogP contribution is 2.34. The van der Waals surface area contributed by atoms with Crippen LogP contribution in [0.3, 0.4) is 0 Å². The summed E-state index contributed by atoms with van der Waals surface area (Å²) in [5.41, 5.74) is 11.0. The molecule has 2 aliphatic rings. The molecule has 404 valence electrons. The summed E-state index contributed by atoms with van der Waals surface area (Å²) in [5, 5.41) is 33.0. The van der Waals surface area contributed by atoms with Gasteiger partial charge in [-0.1, -0.05) is 109 Å². The number of nitrogens with zero attached hydrogens (tertiary/aromatic N) is 2. The van der Waals surface area contributed by atoms with Crippen molar-refractivity contribution in [3.8, 4) is 0 Å². The smallest absolute Gasteiger partial charge is 0.411 e. The van der Waals surface area contributed by atoms with Gasteiger partial charge in [0.2, 0.25) is 17.7 Å². The van der Waals surface area contributed by atoms with E-state index in [-0.39, 0.29) is 29.6 Å². The van der Waals surface area contributed by atoms with Crippen LogP contribution in [-0.2, 0) is 41.7 Å². The molecule has 2 fully saturated rings. The highest BCUT2D eigenvalue weighted by molar-refractivity contribution is 5.96. The number of carboxylic acid groups (broad SMARTS) is 1. The summed E-state index contributed by atoms with van der Waals surface area (Å²) in [6.45, 7) is 19.0. The third-order valence-electron chi connectivity index (χ3n) is 12.5. The number of benzene rings is 4. The van der Waals surface area contributed by atoms with Crippen LogP contribution in [-0.4, -0.2) is 111 Å². The number of nitrogens with two attached hydrogens (primary N) is 1. The Morgan fingerprint density at radius 2 is 0.987 bits per heavy atom. The predicted octanol–water partition coefficient (Wildman–Crippen LogP) is 8.67. The molecule has 0 bridgehead atoms. The second-order valence-corrected chi connectivity index (χ2v) is 21.1. The van der Waals surface area contributed by atoms with Crippen LogP contribution in [0, 0.1) is 10.8 Å². The van der Waals surface area contributed by atoms with Crippen LogP contribution in [0.2, 0.25) is 0 Å². The molecule has 17 heteroatoms. The molecule has 0 aliphatic carbocycles. The van der Waals surface area contributed by atoms with E-state index in [0.717, 1.165) is 46.2 Å². The fourth-order valence-corrected chi connectivity index (χ4v) is 8.36. The van der Waals surface area contributed by atoms with E-state index in [1.54, 1.807) is 69.2 Å². The van der Waals surface area contributed by atoms with Gasteiger partial charge in [-0.05, 0) is 140 Å². The van der Waals surface area contributed by atoms with Crippen LogP contribution in [0.25, 0.3) is 0 Å². The number of carboxylic acids is 1. The number of amides is 5. The Hall–Kier alpha value is -7.40. The summed E-state index contributed by atoms with van der Waals surface area (Å²) >= 11 is 0. The van der Waals surface area contributed by atoms with Crippen molar-refractivity contribution >= 4 is 47.3 Å². The highest BCUT2D eigenvalue weighted by atomic mass is 16.6. The molecule has 0 aromatic heterocycles. The number of carbonyl (C=O) groups excluding carboxylic acids is 5. The first-order valence-electron chi connectivity index (χ1n) is 25.4. The van der Waals surface area contributed by atoms with E-state index >= 15 is 0 Å². The maximum absolute atomic E-state index is 13.4. The highest BCUT2D eigenvalue weighted by Gasteiger charge is 2.40. The molecule has 8 N–H and O–H groups in total. The van der Waals surface area contributed by atoms with Gasteiger partial charge in [0.25, 0.3) is 0 Å². The zero-order chi connectivity index (χ0) is 55.6. The molecule has 2 heterocycles. The molecular formula is C58H78N8O9. The Kier molecular flexibility index (Phi) is 22.3. The molecule has 6 atom stereocenters. The lowest BCUT2D eigenvalue weighted by Gasteiger charge is -2.39. The summed E-state index contributed by atoms with van der Waals surface area (Å²) in [6, 6.07) is 31.9. The summed E-state index contributed by atoms with van der Waals surface area (Å²) < 4.78 is 10.9. The van der Waals surface area contributed by atoms with E-state index in [1.165, 1.54) is 9.80 Å². The van der Waals surface area contributed by atoms with Crippen LogP contribution in [0.1, 0.15) is 140 Å². The van der Waals surface area contributed by atoms with Gasteiger partial charge in [0.1, 0.15) is 29.3 Å². The molecule has 17 nitrogen and oxygen atoms in total. The molecule has 6 rings (SSSR count). The Labute approximate surface area is 442 Å². The van der Waals surface area contributed by atoms with Crippen molar-refractivity contribution in [1.82, 2.24) is 25.8 Å². The lowest BCUT2D eigenvalue weighted by atomic mass is 9.85. The van der Waals surface area contributed by atoms with Crippen LogP contribution < -0.4 is 21.7 Å². The number of hydrogen-bond donors (Lipinski definition) is 7. The minimum Gasteiger partial charge on any atom is -0.480 e. The van der Waals surface area contributed by atoms with Crippen LogP contribution in [0.15, 0.2) is 109 Å². The maximum atomic E-state index is 13.4. The van der Waals surface area contributed by atoms with E-state index in [0.29, 0.717) is 50.4 Å². The molecular weight excluding hydrogens is 953 g/mol. The lowest BCUT2D eigenvalue weighted by Crippen LogP contribution is -2.57. The zero-order valence-electron chi connectivity index (χ0n) is 45.2. The SMILES string of the molecule is CC(=N)c1ccc(CNC(=O)[C@H](C)N)cc1.CC(=N)c1ccc(CNC(=O)[C@H](C)NC(=O)[C@H]2C[C@@H](c3ccccc3)CCN2C(=O)OC(C)(C)C)cc1.CC(C)(C)OC(=O)N1CC[C@H](c2ccccc2)C[C@@H]1C(=O)O. The van der Waals surface area contributed by atoms with E-state index in [4.69, 9.17) is 26.0 Å². The fraction of sp³-hybridized carbons (Fsp3) is 0.448. The largest absolute Gasteiger partial charge is 0.480 e. The summed E-state index contributed by atoms with van der Waals surface area (Å²) in [7, 11) is 0. The molecule has 75 heavy (non-hydrogen) atoms. The minimum atomic E-state index is -0.980. The molecule has 0 radical (unpaired) electrons. The topological polar surface area (TPSA) is 257 Å². The van der Waals surface area contributed by atoms with Gasteiger partial charge in [-0.2, -0.15) is 0 Å². The monoisotopic (exact) mass is 1030 g/mol. The van der Waals surface area contributed by atoms with Crippen molar-refractivity contribution in [2.75, 3.05) is 13.1 Å². The summed E-state index contributed by atoms with van der Waals surface area (Å²) in [4.78, 5) is 76.9. The Morgan fingerprint density at radius 3 is 1.35 bits per heavy atom. The maximum Gasteiger partial charge on any atom is 0.411 e. The van der Waals surface area contributed by atoms with Gasteiger partial charge in [-0.25, -0.2) is 14.4 Å². The number of nitrogens with one attached hydrogen (secondary N) is 5. The van der Waals surface area contributed by atoms with E-state index in [2.05, 4.69) is 16.0 Å². The first-order valence-corrected chi connectivity index (χ1v) is 25.4. The van der Waals surface area contributed by atoms with Gasteiger partial charge < -0.3 is 47.1 Å². The standard InChI is InChI=1S/C29H38N4O4.C17H23NO4.C12H17N3O/c1-19(30)22-13-11-21(12-14-22)18-31-26(34)20(2)32-27(35)25-17-24(23-9-7-6-8-10-23)15-16-33(25)28(36)37-29(3,4)5;1-17(2,3)22-16(21)18-10-9-13(11-14(18)15(19)20)12-7-5-4-6-8-12;1-8(13)11-5-3-10(4-6-11)7-15-12(16)9(2)14/h6-14,20,24-25,30H,15-18H2,1-5H3,(H,31,34)(H,32,35);4-8,13-14H,9-11H2,1-3H3,(H,19,20);3-6,9,13H,7,14H2,1-2H3,(H,15,16)/t20-,24-,25+;13-,14+;9-/m000/s1. The van der Waals surface area contributed by atoms with Gasteiger partial charge >= 0.3 is 18.2 Å². The van der Waals surface area contributed by atoms with Crippen LogP contribution in [0.5, 0.6) is 0 Å². The zero-order valence-corrected chi connectivity index (χ0v) is 45.2. The number of piperidine rings is 2. The van der Waals surface area contributed by atoms with Crippen molar-refractivity contribution in [3.63, 3.8) is 0 Å². The van der Waals surface area contributed by atoms with Crippen molar-refractivity contribution in [3.05, 3.63) is 143 Å². The molecule has 4 aromatic carbocycles. The lowest BCUT2D eigenvalue weighted by molar-refractivity contribution is -0.144.